The summed E-state index contributed by atoms with van der Waals surface area (Å²) in [7, 11) is 1.99. The highest BCUT2D eigenvalue weighted by atomic mass is 16.1. The maximum atomic E-state index is 11.9. The third kappa shape index (κ3) is 1.32. The van der Waals surface area contributed by atoms with Crippen molar-refractivity contribution in [3.63, 3.8) is 0 Å². The van der Waals surface area contributed by atoms with Crippen LogP contribution in [0.5, 0.6) is 0 Å². The monoisotopic (exact) mass is 235 g/mol. The number of nitrogens with zero attached hydrogens (tertiary/aromatic N) is 1. The van der Waals surface area contributed by atoms with Gasteiger partial charge in [-0.25, -0.2) is 0 Å². The molecule has 0 aliphatic carbocycles. The van der Waals surface area contributed by atoms with Gasteiger partial charge in [0, 0.05) is 28.9 Å². The molecule has 2 nitrogen and oxygen atoms in total. The van der Waals surface area contributed by atoms with E-state index in [-0.39, 0.29) is 5.78 Å². The molecule has 0 aliphatic heterocycles. The number of para-hydroxylation sites is 2. The number of aromatic nitrogens is 1. The van der Waals surface area contributed by atoms with Crippen molar-refractivity contribution in [3.8, 4) is 0 Å². The Morgan fingerprint density at radius 1 is 1.11 bits per heavy atom. The minimum Gasteiger partial charge on any atom is -0.343 e. The number of hydrogen-bond acceptors (Lipinski definition) is 1. The van der Waals surface area contributed by atoms with Gasteiger partial charge in [0.2, 0.25) is 0 Å². The van der Waals surface area contributed by atoms with Crippen molar-refractivity contribution in [2.24, 2.45) is 7.05 Å². The number of carbonyl (C=O) groups is 1. The Hall–Kier alpha value is -2.35. The topological polar surface area (TPSA) is 22.0 Å². The molecular weight excluding hydrogens is 222 g/mol. The molecule has 0 spiro atoms. The zero-order valence-electron chi connectivity index (χ0n) is 10.2. The first kappa shape index (κ1) is 10.8. The SMILES string of the molecule is C=CC(=O)c1cccc2c3ccccc3n(C)c12. The average Bonchev–Trinajstić information content (AvgIpc) is 2.72. The summed E-state index contributed by atoms with van der Waals surface area (Å²) in [5.74, 6) is -0.0356. The summed E-state index contributed by atoms with van der Waals surface area (Å²) in [5.41, 5.74) is 2.82. The molecule has 1 heterocycles. The summed E-state index contributed by atoms with van der Waals surface area (Å²) in [4.78, 5) is 11.9. The fourth-order valence-electron chi connectivity index (χ4n) is 2.55. The molecule has 3 rings (SSSR count). The van der Waals surface area contributed by atoms with E-state index in [1.54, 1.807) is 0 Å². The molecular formula is C16H13NO. The zero-order valence-corrected chi connectivity index (χ0v) is 10.2. The number of carbonyl (C=O) groups excluding carboxylic acids is 1. The van der Waals surface area contributed by atoms with Crippen LogP contribution in [0.25, 0.3) is 21.8 Å². The predicted octanol–water partition coefficient (Wildman–Crippen LogP) is 3.70. The number of benzene rings is 2. The van der Waals surface area contributed by atoms with Gasteiger partial charge in [-0.2, -0.15) is 0 Å². The fraction of sp³-hybridized carbons (Fsp3) is 0.0625. The minimum atomic E-state index is -0.0356. The van der Waals surface area contributed by atoms with Gasteiger partial charge in [0.25, 0.3) is 0 Å². The van der Waals surface area contributed by atoms with Gasteiger partial charge in [-0.15, -0.1) is 0 Å². The van der Waals surface area contributed by atoms with Gasteiger partial charge in [0.1, 0.15) is 0 Å². The number of aryl methyl sites for hydroxylation is 1. The van der Waals surface area contributed by atoms with Gasteiger partial charge in [-0.05, 0) is 18.2 Å². The normalized spacial score (nSPS) is 10.9. The molecule has 88 valence electrons. The van der Waals surface area contributed by atoms with Crippen LogP contribution in [0.1, 0.15) is 10.4 Å². The molecule has 0 radical (unpaired) electrons. The van der Waals surface area contributed by atoms with Crippen molar-refractivity contribution in [3.05, 3.63) is 60.7 Å². The van der Waals surface area contributed by atoms with Gasteiger partial charge >= 0.3 is 0 Å². The fourth-order valence-corrected chi connectivity index (χ4v) is 2.55. The van der Waals surface area contributed by atoms with Crippen LogP contribution in [-0.2, 0) is 7.05 Å². The van der Waals surface area contributed by atoms with E-state index < -0.39 is 0 Å². The van der Waals surface area contributed by atoms with E-state index in [0.717, 1.165) is 16.4 Å². The number of fused-ring (bicyclic) bond motifs is 3. The quantitative estimate of drug-likeness (QED) is 0.490. The lowest BCUT2D eigenvalue weighted by Gasteiger charge is -2.02. The first-order chi connectivity index (χ1) is 8.74. The number of hydrogen-bond donors (Lipinski definition) is 0. The first-order valence-electron chi connectivity index (χ1n) is 5.87. The molecule has 3 aromatic rings. The lowest BCUT2D eigenvalue weighted by molar-refractivity contribution is 0.104. The van der Waals surface area contributed by atoms with E-state index in [4.69, 9.17) is 0 Å². The minimum absolute atomic E-state index is 0.0356. The second kappa shape index (κ2) is 3.84. The average molecular weight is 235 g/mol. The van der Waals surface area contributed by atoms with E-state index >= 15 is 0 Å². The second-order valence-electron chi connectivity index (χ2n) is 4.35. The number of allylic oxidation sites excluding steroid dienone is 1. The van der Waals surface area contributed by atoms with Crippen LogP contribution in [0.2, 0.25) is 0 Å². The Bertz CT molecular complexity index is 780. The number of ketones is 1. The van der Waals surface area contributed by atoms with E-state index in [9.17, 15) is 4.79 Å². The zero-order chi connectivity index (χ0) is 12.7. The lowest BCUT2D eigenvalue weighted by Crippen LogP contribution is -1.98. The molecule has 18 heavy (non-hydrogen) atoms. The van der Waals surface area contributed by atoms with Gasteiger partial charge in [-0.1, -0.05) is 36.9 Å². The highest BCUT2D eigenvalue weighted by Gasteiger charge is 2.13. The molecule has 2 heteroatoms. The van der Waals surface area contributed by atoms with Gasteiger partial charge in [0.15, 0.2) is 5.78 Å². The maximum absolute atomic E-state index is 11.9. The molecule has 0 saturated carbocycles. The Labute approximate surface area is 105 Å². The largest absolute Gasteiger partial charge is 0.343 e. The summed E-state index contributed by atoms with van der Waals surface area (Å²) in [6.07, 6.45) is 1.37. The molecule has 0 bridgehead atoms. The molecule has 0 amide bonds. The molecule has 0 N–H and O–H groups in total. The van der Waals surface area contributed by atoms with Crippen molar-refractivity contribution in [1.82, 2.24) is 4.57 Å². The third-order valence-corrected chi connectivity index (χ3v) is 3.38. The van der Waals surface area contributed by atoms with E-state index in [2.05, 4.69) is 29.3 Å². The van der Waals surface area contributed by atoms with Crippen molar-refractivity contribution in [1.29, 1.82) is 0 Å². The van der Waals surface area contributed by atoms with E-state index in [1.807, 2.05) is 31.3 Å². The van der Waals surface area contributed by atoms with E-state index in [0.29, 0.717) is 5.56 Å². The van der Waals surface area contributed by atoms with Gasteiger partial charge in [-0.3, -0.25) is 4.79 Å². The van der Waals surface area contributed by atoms with Crippen molar-refractivity contribution < 1.29 is 4.79 Å². The number of rotatable bonds is 2. The summed E-state index contributed by atoms with van der Waals surface area (Å²) in [5, 5.41) is 2.29. The Morgan fingerprint density at radius 2 is 1.83 bits per heavy atom. The maximum Gasteiger partial charge on any atom is 0.187 e. The molecule has 0 atom stereocenters. The summed E-state index contributed by atoms with van der Waals surface area (Å²) >= 11 is 0. The van der Waals surface area contributed by atoms with Gasteiger partial charge in [0.05, 0.1) is 5.52 Å². The highest BCUT2D eigenvalue weighted by molar-refractivity contribution is 6.18. The molecule has 0 saturated heterocycles. The van der Waals surface area contributed by atoms with Crippen LogP contribution in [0.4, 0.5) is 0 Å². The Morgan fingerprint density at radius 3 is 2.61 bits per heavy atom. The predicted molar refractivity (Wildman–Crippen MR) is 75.0 cm³/mol. The Kier molecular flexibility index (Phi) is 2.30. The van der Waals surface area contributed by atoms with Gasteiger partial charge < -0.3 is 4.57 Å². The van der Waals surface area contributed by atoms with Crippen molar-refractivity contribution in [2.75, 3.05) is 0 Å². The second-order valence-corrected chi connectivity index (χ2v) is 4.35. The van der Waals surface area contributed by atoms with Crippen LogP contribution in [0.15, 0.2) is 55.1 Å². The summed E-state index contributed by atoms with van der Waals surface area (Å²) in [6, 6.07) is 14.0. The first-order valence-corrected chi connectivity index (χ1v) is 5.87. The van der Waals surface area contributed by atoms with Crippen LogP contribution >= 0.6 is 0 Å². The standard InChI is InChI=1S/C16H13NO/c1-3-15(18)13-9-6-8-12-11-7-4-5-10-14(11)17(2)16(12)13/h3-10H,1H2,2H3. The van der Waals surface area contributed by atoms with Crippen LogP contribution in [0, 0.1) is 0 Å². The molecule has 0 aliphatic rings. The lowest BCUT2D eigenvalue weighted by atomic mass is 10.1. The highest BCUT2D eigenvalue weighted by Crippen LogP contribution is 2.30. The summed E-state index contributed by atoms with van der Waals surface area (Å²) in [6.45, 7) is 3.57. The van der Waals surface area contributed by atoms with E-state index in [1.165, 1.54) is 11.5 Å². The molecule has 0 unspecified atom stereocenters. The third-order valence-electron chi connectivity index (χ3n) is 3.38. The Balaban J connectivity index is 2.55. The van der Waals surface area contributed by atoms with Crippen molar-refractivity contribution >= 4 is 27.6 Å². The van der Waals surface area contributed by atoms with Crippen LogP contribution in [-0.4, -0.2) is 10.4 Å². The van der Waals surface area contributed by atoms with Crippen LogP contribution in [0.3, 0.4) is 0 Å². The molecule has 0 fully saturated rings. The van der Waals surface area contributed by atoms with Crippen LogP contribution < -0.4 is 0 Å². The molecule has 2 aromatic carbocycles. The smallest absolute Gasteiger partial charge is 0.187 e. The van der Waals surface area contributed by atoms with Crippen molar-refractivity contribution in [2.45, 2.75) is 0 Å². The summed E-state index contributed by atoms with van der Waals surface area (Å²) < 4.78 is 2.07. The molecule has 1 aromatic heterocycles.